The highest BCUT2D eigenvalue weighted by Crippen LogP contribution is 2.65. The Labute approximate surface area is 306 Å². The van der Waals surface area contributed by atoms with Gasteiger partial charge >= 0.3 is 6.03 Å². The number of thiophene rings is 1. The van der Waals surface area contributed by atoms with Crippen LogP contribution in [0.5, 0.6) is 0 Å². The number of carbonyl (C=O) groups is 5. The lowest BCUT2D eigenvalue weighted by atomic mass is 9.76. The van der Waals surface area contributed by atoms with E-state index in [1.807, 2.05) is 20.8 Å². The van der Waals surface area contributed by atoms with E-state index in [0.717, 1.165) is 56.2 Å². The summed E-state index contributed by atoms with van der Waals surface area (Å²) >= 11 is 1.40. The fourth-order valence-electron chi connectivity index (χ4n) is 9.19. The van der Waals surface area contributed by atoms with Gasteiger partial charge in [0.05, 0.1) is 10.9 Å². The van der Waals surface area contributed by atoms with E-state index in [2.05, 4.69) is 24.5 Å². The summed E-state index contributed by atoms with van der Waals surface area (Å²) in [5, 5.41) is 7.81. The maximum absolute atomic E-state index is 14.7. The van der Waals surface area contributed by atoms with E-state index < -0.39 is 57.2 Å². The van der Waals surface area contributed by atoms with Crippen LogP contribution < -0.4 is 16.4 Å². The van der Waals surface area contributed by atoms with Crippen molar-refractivity contribution in [3.8, 4) is 0 Å². The Morgan fingerprint density at radius 1 is 1.02 bits per heavy atom. The van der Waals surface area contributed by atoms with E-state index >= 15 is 0 Å². The van der Waals surface area contributed by atoms with Crippen molar-refractivity contribution >= 4 is 50.8 Å². The predicted octanol–water partition coefficient (Wildman–Crippen LogP) is 4.22. The fraction of sp³-hybridized carbons (Fsp3) is 0.757. The number of sulfonamides is 1. The van der Waals surface area contributed by atoms with Gasteiger partial charge in [-0.05, 0) is 65.2 Å². The van der Waals surface area contributed by atoms with Crippen LogP contribution >= 0.6 is 11.3 Å². The highest BCUT2D eigenvalue weighted by molar-refractivity contribution is 7.89. The lowest BCUT2D eigenvalue weighted by Gasteiger charge is -2.38. The first-order chi connectivity index (χ1) is 23.9. The number of amides is 4. The number of nitrogens with two attached hydrogens (primary N) is 1. The molecule has 51 heavy (non-hydrogen) atoms. The number of Topliss-reactive ketones (excluding diaryl/α,β-unsaturated/α-hetero) is 2. The average molecular weight is 746 g/mol. The molecule has 1 saturated heterocycles. The largest absolute Gasteiger partial charge is 0.363 e. The zero-order chi connectivity index (χ0) is 37.0. The van der Waals surface area contributed by atoms with Crippen molar-refractivity contribution in [2.24, 2.45) is 46.2 Å². The number of hydrogen-bond donors (Lipinski definition) is 3. The van der Waals surface area contributed by atoms with Gasteiger partial charge in [-0.2, -0.15) is 4.31 Å². The van der Waals surface area contributed by atoms with Gasteiger partial charge in [-0.3, -0.25) is 19.2 Å². The molecule has 3 saturated carbocycles. The summed E-state index contributed by atoms with van der Waals surface area (Å²) in [6.07, 6.45) is 7.71. The third-order valence-corrected chi connectivity index (χ3v) is 15.7. The molecule has 4 amide bonds. The highest BCUT2D eigenvalue weighted by Gasteiger charge is 2.69. The Hall–Kier alpha value is -2.84. The lowest BCUT2D eigenvalue weighted by Crippen LogP contribution is -2.60. The van der Waals surface area contributed by atoms with Crippen LogP contribution in [0.15, 0.2) is 16.3 Å². The van der Waals surface area contributed by atoms with Gasteiger partial charge in [0.2, 0.25) is 21.7 Å². The summed E-state index contributed by atoms with van der Waals surface area (Å²) in [7, 11) is -3.68. The van der Waals surface area contributed by atoms with Crippen molar-refractivity contribution in [2.45, 2.75) is 128 Å². The van der Waals surface area contributed by atoms with E-state index in [4.69, 9.17) is 5.73 Å². The van der Waals surface area contributed by atoms with Crippen molar-refractivity contribution in [1.29, 1.82) is 0 Å². The maximum atomic E-state index is 14.7. The van der Waals surface area contributed by atoms with Crippen LogP contribution in [0.25, 0.3) is 0 Å². The van der Waals surface area contributed by atoms with Gasteiger partial charge in [0.15, 0.2) is 5.78 Å². The van der Waals surface area contributed by atoms with Gasteiger partial charge in [-0.25, -0.2) is 13.2 Å². The molecule has 12 nitrogen and oxygen atoms in total. The van der Waals surface area contributed by atoms with Crippen molar-refractivity contribution in [1.82, 2.24) is 19.8 Å². The molecular formula is C37H55N5O7S2. The Balaban J connectivity index is 1.20. The molecule has 0 aromatic carbocycles. The minimum Gasteiger partial charge on any atom is -0.363 e. The van der Waals surface area contributed by atoms with Gasteiger partial charge in [0.25, 0.3) is 5.91 Å². The number of nitrogens with one attached hydrogen (secondary N) is 2. The van der Waals surface area contributed by atoms with E-state index in [1.165, 1.54) is 15.6 Å². The van der Waals surface area contributed by atoms with Crippen LogP contribution in [0, 0.1) is 40.4 Å². The Morgan fingerprint density at radius 2 is 1.71 bits per heavy atom. The van der Waals surface area contributed by atoms with Crippen molar-refractivity contribution < 1.29 is 32.4 Å². The van der Waals surface area contributed by atoms with Gasteiger partial charge in [-0.1, -0.05) is 73.1 Å². The fourth-order valence-corrected chi connectivity index (χ4v) is 12.1. The van der Waals surface area contributed by atoms with E-state index in [9.17, 15) is 32.4 Å². The van der Waals surface area contributed by atoms with Crippen LogP contribution in [0.3, 0.4) is 0 Å². The number of likely N-dealkylation sites (tertiary alicyclic amines) is 1. The zero-order valence-corrected chi connectivity index (χ0v) is 32.2. The number of nitrogens with zero attached hydrogens (tertiary/aromatic N) is 2. The molecule has 1 unspecified atom stereocenters. The van der Waals surface area contributed by atoms with Crippen LogP contribution in [0.1, 0.15) is 104 Å². The molecule has 0 spiro atoms. The van der Waals surface area contributed by atoms with Crippen molar-refractivity contribution in [3.05, 3.63) is 16.3 Å². The quantitative estimate of drug-likeness (QED) is 0.253. The molecule has 3 aliphatic carbocycles. The Kier molecular flexibility index (Phi) is 10.5. The highest BCUT2D eigenvalue weighted by atomic mass is 32.2. The number of ketones is 2. The number of rotatable bonds is 13. The molecule has 6 rings (SSSR count). The van der Waals surface area contributed by atoms with Crippen LogP contribution in [0.2, 0.25) is 0 Å². The maximum Gasteiger partial charge on any atom is 0.315 e. The summed E-state index contributed by atoms with van der Waals surface area (Å²) in [4.78, 5) is 70.4. The monoisotopic (exact) mass is 745 g/mol. The first-order valence-electron chi connectivity index (χ1n) is 18.7. The molecule has 4 fully saturated rings. The summed E-state index contributed by atoms with van der Waals surface area (Å²) in [6.45, 7) is 10.7. The van der Waals surface area contributed by atoms with E-state index in [1.54, 1.807) is 16.3 Å². The Morgan fingerprint density at radius 3 is 2.29 bits per heavy atom. The van der Waals surface area contributed by atoms with Crippen LogP contribution in [-0.4, -0.2) is 78.2 Å². The number of urea groups is 1. The second kappa shape index (κ2) is 14.2. The van der Waals surface area contributed by atoms with Crippen molar-refractivity contribution in [3.63, 3.8) is 0 Å². The molecule has 282 valence electrons. The van der Waals surface area contributed by atoms with Gasteiger partial charge in [0.1, 0.15) is 6.04 Å². The van der Waals surface area contributed by atoms with Gasteiger partial charge in [-0.15, -0.1) is 11.3 Å². The number of carbonyl (C=O) groups excluding carboxylic acids is 5. The molecule has 3 heterocycles. The molecule has 14 heteroatoms. The lowest BCUT2D eigenvalue weighted by molar-refractivity contribution is -0.144. The van der Waals surface area contributed by atoms with E-state index in [-0.39, 0.29) is 60.3 Å². The van der Waals surface area contributed by atoms with Crippen molar-refractivity contribution in [2.75, 3.05) is 13.1 Å². The smallest absolute Gasteiger partial charge is 0.315 e. The molecule has 5 aliphatic rings. The summed E-state index contributed by atoms with van der Waals surface area (Å²) < 4.78 is 27.9. The zero-order valence-electron chi connectivity index (χ0n) is 30.6. The molecular weight excluding hydrogens is 691 g/mol. The second-order valence-electron chi connectivity index (χ2n) is 17.4. The molecule has 0 radical (unpaired) electrons. The summed E-state index contributed by atoms with van der Waals surface area (Å²) in [5.41, 5.74) is 4.75. The molecule has 1 aromatic rings. The third-order valence-electron chi connectivity index (χ3n) is 12.8. The average Bonchev–Trinajstić information content (AvgIpc) is 3.50. The molecule has 2 aliphatic heterocycles. The number of hydrogen-bond acceptors (Lipinski definition) is 8. The normalized spacial score (nSPS) is 27.4. The molecule has 0 bridgehead atoms. The second-order valence-corrected chi connectivity index (χ2v) is 20.3. The topological polar surface area (TPSA) is 176 Å². The molecule has 1 aromatic heterocycles. The van der Waals surface area contributed by atoms with Gasteiger partial charge in [0, 0.05) is 42.9 Å². The number of piperidine rings is 1. The SMILES string of the molecule is CC(C)(C)[C@@H](CN1Cc2sccc2S1(=O)=O)NC(=O)N[C@H](C(=O)N1C[C@H]2[C@@H]([C@H]1C(=O)CC(CC1CCC1)C(=O)C(N)=O)C2(C)C)C1CCCCC1. The molecule has 6 atom stereocenters. The first-order valence-corrected chi connectivity index (χ1v) is 21.0. The standard InChI is InChI=1S/C37H55N5O7S2/c1-36(2,3)28(20-41-19-26-27(14-15-50-26)51(41,48)49)39-35(47)40-30(22-12-7-6-8-13-22)34(46)42-18-24-29(37(24,4)5)31(42)25(43)17-23(32(44)33(38)45)16-21-10-9-11-21/h14-15,21-24,28-31H,6-13,16-20H2,1-5H3,(H2,38,45)(H2,39,40,47)/t23?,24-,28+,29-,30-,31+/m0/s1. The number of fused-ring (bicyclic) bond motifs is 2. The summed E-state index contributed by atoms with van der Waals surface area (Å²) in [6, 6.07) is -1.11. The summed E-state index contributed by atoms with van der Waals surface area (Å²) in [5.74, 6) is -2.86. The Bertz CT molecular complexity index is 1660. The minimum absolute atomic E-state index is 0.0706. The number of primary amides is 1. The van der Waals surface area contributed by atoms with Gasteiger partial charge < -0.3 is 21.3 Å². The molecule has 4 N–H and O–H groups in total. The van der Waals surface area contributed by atoms with Crippen LogP contribution in [-0.2, 0) is 35.7 Å². The van der Waals surface area contributed by atoms with Crippen LogP contribution in [0.4, 0.5) is 4.79 Å². The minimum atomic E-state index is -3.68. The predicted molar refractivity (Wildman–Crippen MR) is 193 cm³/mol. The third kappa shape index (κ3) is 7.51. The van der Waals surface area contributed by atoms with E-state index in [0.29, 0.717) is 17.9 Å². The first kappa shape index (κ1) is 37.9.